The lowest BCUT2D eigenvalue weighted by molar-refractivity contribution is 0.318. The summed E-state index contributed by atoms with van der Waals surface area (Å²) >= 11 is 0. The van der Waals surface area contributed by atoms with Crippen molar-refractivity contribution in [2.24, 2.45) is 10.9 Å². The molecular formula is C14H22FN3O. The quantitative estimate of drug-likeness (QED) is 0.321. The van der Waals surface area contributed by atoms with Crippen LogP contribution in [0.1, 0.15) is 44.7 Å². The summed E-state index contributed by atoms with van der Waals surface area (Å²) in [5, 5.41) is 14.9. The Hall–Kier alpha value is -1.62. The van der Waals surface area contributed by atoms with E-state index in [0.29, 0.717) is 12.1 Å². The van der Waals surface area contributed by atoms with E-state index < -0.39 is 5.82 Å². The lowest BCUT2D eigenvalue weighted by Crippen LogP contribution is -2.38. The van der Waals surface area contributed by atoms with Gasteiger partial charge in [0.2, 0.25) is 0 Å². The van der Waals surface area contributed by atoms with Crippen LogP contribution in [0, 0.1) is 5.82 Å². The van der Waals surface area contributed by atoms with Crippen LogP contribution in [0.5, 0.6) is 0 Å². The third kappa shape index (κ3) is 4.87. The minimum atomic E-state index is -0.394. The molecular weight excluding hydrogens is 245 g/mol. The van der Waals surface area contributed by atoms with E-state index in [0.717, 1.165) is 18.4 Å². The van der Waals surface area contributed by atoms with Gasteiger partial charge < -0.3 is 16.3 Å². The SMILES string of the molecule is CCCC(C)(C)NCc1cc(F)cc(/C(N)=N/O)c1. The fourth-order valence-electron chi connectivity index (χ4n) is 2.01. The Morgan fingerprint density at radius 2 is 2.11 bits per heavy atom. The molecule has 0 saturated carbocycles. The van der Waals surface area contributed by atoms with Crippen LogP contribution in [0.4, 0.5) is 4.39 Å². The monoisotopic (exact) mass is 267 g/mol. The third-order valence-corrected chi connectivity index (χ3v) is 3.01. The Morgan fingerprint density at radius 1 is 1.42 bits per heavy atom. The van der Waals surface area contributed by atoms with E-state index in [2.05, 4.69) is 31.2 Å². The Bertz CT molecular complexity index is 458. The maximum atomic E-state index is 13.5. The lowest BCUT2D eigenvalue weighted by atomic mass is 9.98. The molecule has 1 aromatic carbocycles. The normalized spacial score (nSPS) is 12.7. The number of hydrogen-bond acceptors (Lipinski definition) is 3. The van der Waals surface area contributed by atoms with Crippen molar-refractivity contribution in [2.45, 2.75) is 45.7 Å². The van der Waals surface area contributed by atoms with Crippen molar-refractivity contribution in [1.29, 1.82) is 0 Å². The zero-order valence-electron chi connectivity index (χ0n) is 11.7. The average Bonchev–Trinajstić information content (AvgIpc) is 2.35. The highest BCUT2D eigenvalue weighted by atomic mass is 19.1. The summed E-state index contributed by atoms with van der Waals surface area (Å²) < 4.78 is 13.5. The smallest absolute Gasteiger partial charge is 0.170 e. The molecule has 0 heterocycles. The first-order valence-corrected chi connectivity index (χ1v) is 6.40. The lowest BCUT2D eigenvalue weighted by Gasteiger charge is -2.26. The molecule has 4 nitrogen and oxygen atoms in total. The number of nitrogens with one attached hydrogen (secondary N) is 1. The molecule has 0 spiro atoms. The number of benzene rings is 1. The van der Waals surface area contributed by atoms with E-state index in [1.807, 2.05) is 0 Å². The minimum Gasteiger partial charge on any atom is -0.409 e. The van der Waals surface area contributed by atoms with Crippen molar-refractivity contribution in [3.63, 3.8) is 0 Å². The summed E-state index contributed by atoms with van der Waals surface area (Å²) in [4.78, 5) is 0. The van der Waals surface area contributed by atoms with Crippen LogP contribution in [0.15, 0.2) is 23.4 Å². The zero-order valence-corrected chi connectivity index (χ0v) is 11.7. The second-order valence-corrected chi connectivity index (χ2v) is 5.32. The second-order valence-electron chi connectivity index (χ2n) is 5.32. The van der Waals surface area contributed by atoms with Gasteiger partial charge in [-0.2, -0.15) is 0 Å². The first kappa shape index (κ1) is 15.4. The molecule has 0 bridgehead atoms. The van der Waals surface area contributed by atoms with Gasteiger partial charge in [0.25, 0.3) is 0 Å². The maximum absolute atomic E-state index is 13.5. The van der Waals surface area contributed by atoms with Gasteiger partial charge in [-0.15, -0.1) is 0 Å². The molecule has 0 aliphatic carbocycles. The van der Waals surface area contributed by atoms with Crippen LogP contribution in [0.2, 0.25) is 0 Å². The summed E-state index contributed by atoms with van der Waals surface area (Å²) in [6, 6.07) is 4.41. The van der Waals surface area contributed by atoms with Gasteiger partial charge >= 0.3 is 0 Å². The van der Waals surface area contributed by atoms with Crippen molar-refractivity contribution in [1.82, 2.24) is 5.32 Å². The fourth-order valence-corrected chi connectivity index (χ4v) is 2.01. The van der Waals surface area contributed by atoms with Crippen LogP contribution in [-0.4, -0.2) is 16.6 Å². The van der Waals surface area contributed by atoms with Gasteiger partial charge in [0.05, 0.1) is 0 Å². The summed E-state index contributed by atoms with van der Waals surface area (Å²) in [5.74, 6) is -0.484. The molecule has 0 amide bonds. The molecule has 4 N–H and O–H groups in total. The summed E-state index contributed by atoms with van der Waals surface area (Å²) in [7, 11) is 0. The Balaban J connectivity index is 2.82. The number of nitrogens with zero attached hydrogens (tertiary/aromatic N) is 1. The Labute approximate surface area is 113 Å². The minimum absolute atomic E-state index is 0.00214. The van der Waals surface area contributed by atoms with Crippen LogP contribution >= 0.6 is 0 Å². The molecule has 0 aliphatic heterocycles. The predicted octanol–water partition coefficient (Wildman–Crippen LogP) is 2.59. The molecule has 0 atom stereocenters. The highest BCUT2D eigenvalue weighted by Crippen LogP contribution is 2.14. The topological polar surface area (TPSA) is 70.6 Å². The van der Waals surface area contributed by atoms with E-state index >= 15 is 0 Å². The van der Waals surface area contributed by atoms with E-state index in [9.17, 15) is 4.39 Å². The van der Waals surface area contributed by atoms with Crippen LogP contribution in [-0.2, 0) is 6.54 Å². The molecule has 0 saturated heterocycles. The van der Waals surface area contributed by atoms with Crippen molar-refractivity contribution < 1.29 is 9.60 Å². The molecule has 5 heteroatoms. The highest BCUT2D eigenvalue weighted by molar-refractivity contribution is 5.97. The largest absolute Gasteiger partial charge is 0.409 e. The van der Waals surface area contributed by atoms with Gasteiger partial charge in [0.1, 0.15) is 5.82 Å². The van der Waals surface area contributed by atoms with Crippen molar-refractivity contribution in [3.05, 3.63) is 35.1 Å². The van der Waals surface area contributed by atoms with E-state index in [1.54, 1.807) is 6.07 Å². The molecule has 0 fully saturated rings. The van der Waals surface area contributed by atoms with Crippen molar-refractivity contribution in [3.8, 4) is 0 Å². The first-order chi connectivity index (χ1) is 8.88. The fraction of sp³-hybridized carbons (Fsp3) is 0.500. The number of oxime groups is 1. The summed E-state index contributed by atoms with van der Waals surface area (Å²) in [6.45, 7) is 6.89. The van der Waals surface area contributed by atoms with Gasteiger partial charge in [-0.1, -0.05) is 18.5 Å². The van der Waals surface area contributed by atoms with Crippen LogP contribution in [0.25, 0.3) is 0 Å². The summed E-state index contributed by atoms with van der Waals surface area (Å²) in [5.41, 5.74) is 6.62. The summed E-state index contributed by atoms with van der Waals surface area (Å²) in [6.07, 6.45) is 2.12. The first-order valence-electron chi connectivity index (χ1n) is 6.40. The van der Waals surface area contributed by atoms with Gasteiger partial charge in [-0.3, -0.25) is 0 Å². The zero-order chi connectivity index (χ0) is 14.5. The Morgan fingerprint density at radius 3 is 2.68 bits per heavy atom. The van der Waals surface area contributed by atoms with E-state index in [-0.39, 0.29) is 11.4 Å². The Kier molecular flexibility index (Phi) is 5.30. The molecule has 106 valence electrons. The third-order valence-electron chi connectivity index (χ3n) is 3.01. The average molecular weight is 267 g/mol. The molecule has 0 aliphatic rings. The number of hydrogen-bond donors (Lipinski definition) is 3. The van der Waals surface area contributed by atoms with Crippen molar-refractivity contribution in [2.75, 3.05) is 0 Å². The standard InChI is InChI=1S/C14H22FN3O/c1-4-5-14(2,3)17-9-10-6-11(13(16)18-19)8-12(15)7-10/h6-8,17,19H,4-5,9H2,1-3H3,(H2,16,18). The van der Waals surface area contributed by atoms with Crippen LogP contribution in [0.3, 0.4) is 0 Å². The van der Waals surface area contributed by atoms with Crippen molar-refractivity contribution >= 4 is 5.84 Å². The number of nitrogens with two attached hydrogens (primary N) is 1. The van der Waals surface area contributed by atoms with E-state index in [4.69, 9.17) is 10.9 Å². The highest BCUT2D eigenvalue weighted by Gasteiger charge is 2.15. The maximum Gasteiger partial charge on any atom is 0.170 e. The van der Waals surface area contributed by atoms with E-state index in [1.165, 1.54) is 12.1 Å². The van der Waals surface area contributed by atoms with Crippen LogP contribution < -0.4 is 11.1 Å². The predicted molar refractivity (Wildman–Crippen MR) is 74.7 cm³/mol. The number of halogens is 1. The molecule has 1 rings (SSSR count). The molecule has 0 radical (unpaired) electrons. The molecule has 1 aromatic rings. The molecule has 0 aromatic heterocycles. The van der Waals surface area contributed by atoms with Gasteiger partial charge in [0, 0.05) is 17.6 Å². The molecule has 0 unspecified atom stereocenters. The number of rotatable bonds is 6. The van der Waals surface area contributed by atoms with Gasteiger partial charge in [0.15, 0.2) is 5.84 Å². The van der Waals surface area contributed by atoms with Gasteiger partial charge in [-0.25, -0.2) is 4.39 Å². The second kappa shape index (κ2) is 6.52. The van der Waals surface area contributed by atoms with Gasteiger partial charge in [-0.05, 0) is 44.0 Å². The molecule has 19 heavy (non-hydrogen) atoms. The number of amidine groups is 1.